The molecule has 0 aliphatic carbocycles. The molecular formula is C49H61N9O7Si. The number of rotatable bonds is 11. The van der Waals surface area contributed by atoms with E-state index < -0.39 is 31.7 Å². The monoisotopic (exact) mass is 915 g/mol. The highest BCUT2D eigenvalue weighted by Gasteiger charge is 2.43. The highest BCUT2D eigenvalue weighted by molar-refractivity contribution is 6.76. The van der Waals surface area contributed by atoms with Gasteiger partial charge < -0.3 is 24.6 Å². The zero-order valence-corrected chi connectivity index (χ0v) is 40.2. The van der Waals surface area contributed by atoms with Gasteiger partial charge in [0.05, 0.1) is 11.6 Å². The quantitative estimate of drug-likeness (QED) is 0.0703. The van der Waals surface area contributed by atoms with Crippen LogP contribution in [0.15, 0.2) is 48.7 Å². The standard InChI is InChI=1S/C49H61N9O7Si/c1-49(2,3)65-48(63)58-40-28-42(50-29-34(40)27-41(58)38-15-10-22-54(38)4)51-45(60)37-16-18-43(53-52-37)55-23-20-32(21-24-55)11-8-12-33-13-9-14-35-36(33)30-56(46(35)61)39-17-19-44(59)57(47(39)62)31-64-25-26-66(5,6)7/h9,13-14,16,18,27-29,32,38-39H,10-11,15,17,19-26,30-31H2,1-7H3,(H,50,51,60)/t38-,39?/m1/s1. The third-order valence-corrected chi connectivity index (χ3v) is 14.6. The van der Waals surface area contributed by atoms with Crippen molar-refractivity contribution in [1.29, 1.82) is 0 Å². The van der Waals surface area contributed by atoms with E-state index in [1.54, 1.807) is 39.9 Å². The Kier molecular flexibility index (Phi) is 13.5. The van der Waals surface area contributed by atoms with E-state index in [0.29, 0.717) is 35.8 Å². The molecule has 3 saturated heterocycles. The first-order chi connectivity index (χ1) is 31.4. The van der Waals surface area contributed by atoms with Crippen molar-refractivity contribution in [2.75, 3.05) is 50.2 Å². The molecule has 4 aromatic rings. The fourth-order valence-electron chi connectivity index (χ4n) is 9.19. The van der Waals surface area contributed by atoms with Crippen LogP contribution in [-0.4, -0.2) is 124 Å². The van der Waals surface area contributed by atoms with E-state index in [1.165, 1.54) is 4.90 Å². The number of nitrogens with zero attached hydrogens (tertiary/aromatic N) is 8. The summed E-state index contributed by atoms with van der Waals surface area (Å²) in [5.74, 6) is 6.70. The van der Waals surface area contributed by atoms with E-state index in [9.17, 15) is 24.0 Å². The lowest BCUT2D eigenvalue weighted by atomic mass is 9.93. The molecule has 4 aliphatic heterocycles. The second kappa shape index (κ2) is 19.1. The Labute approximate surface area is 387 Å². The maximum atomic E-state index is 13.6. The zero-order chi connectivity index (χ0) is 46.9. The van der Waals surface area contributed by atoms with Crippen molar-refractivity contribution < 1.29 is 33.4 Å². The molecule has 4 aliphatic rings. The molecule has 0 spiro atoms. The third-order valence-electron chi connectivity index (χ3n) is 12.9. The number of ether oxygens (including phenoxy) is 2. The predicted molar refractivity (Wildman–Crippen MR) is 253 cm³/mol. The van der Waals surface area contributed by atoms with Crippen molar-refractivity contribution in [3.8, 4) is 11.8 Å². The van der Waals surface area contributed by atoms with Gasteiger partial charge in [-0.25, -0.2) is 14.3 Å². The Hall–Kier alpha value is -5.96. The van der Waals surface area contributed by atoms with Gasteiger partial charge >= 0.3 is 6.09 Å². The van der Waals surface area contributed by atoms with Crippen LogP contribution in [0, 0.1) is 17.8 Å². The molecule has 4 amide bonds. The Balaban J connectivity index is 0.847. The van der Waals surface area contributed by atoms with Gasteiger partial charge in [0, 0.05) is 81.6 Å². The number of benzene rings is 1. The van der Waals surface area contributed by atoms with Gasteiger partial charge in [0.15, 0.2) is 11.5 Å². The molecule has 0 bridgehead atoms. The molecule has 66 heavy (non-hydrogen) atoms. The summed E-state index contributed by atoms with van der Waals surface area (Å²) in [5, 5.41) is 12.3. The molecule has 348 valence electrons. The van der Waals surface area contributed by atoms with Crippen LogP contribution in [0.25, 0.3) is 10.9 Å². The van der Waals surface area contributed by atoms with Crippen molar-refractivity contribution in [1.82, 2.24) is 34.4 Å². The number of anilines is 2. The number of nitrogens with one attached hydrogen (secondary N) is 1. The number of amides is 4. The minimum Gasteiger partial charge on any atom is -0.443 e. The SMILES string of the molecule is CN1CCC[C@@H]1c1cc2cnc(NC(=O)c3ccc(N4CCC(CC#Cc5cccc6c5CN(C5CCC(=O)N(COCC[Si](C)(C)C)C5=O)C6=O)CC4)nn3)cc2n1C(=O)OC(C)(C)C. The summed E-state index contributed by atoms with van der Waals surface area (Å²) in [6, 6.07) is 12.9. The van der Waals surface area contributed by atoms with Crippen molar-refractivity contribution in [3.63, 3.8) is 0 Å². The van der Waals surface area contributed by atoms with Gasteiger partial charge in [0.1, 0.15) is 24.2 Å². The molecule has 17 heteroatoms. The normalized spacial score (nSPS) is 19.6. The van der Waals surface area contributed by atoms with E-state index in [-0.39, 0.29) is 61.4 Å². The first kappa shape index (κ1) is 46.6. The van der Waals surface area contributed by atoms with E-state index in [4.69, 9.17) is 9.47 Å². The van der Waals surface area contributed by atoms with Crippen molar-refractivity contribution >= 4 is 60.3 Å². The van der Waals surface area contributed by atoms with Crippen LogP contribution in [0.5, 0.6) is 0 Å². The highest BCUT2D eigenvalue weighted by atomic mass is 28.3. The van der Waals surface area contributed by atoms with Gasteiger partial charge in [-0.2, -0.15) is 0 Å². The molecule has 7 heterocycles. The van der Waals surface area contributed by atoms with Gasteiger partial charge in [-0.15, -0.1) is 10.2 Å². The number of aromatic nitrogens is 4. The molecule has 3 fully saturated rings. The minimum absolute atomic E-state index is 0.0554. The molecule has 3 aromatic heterocycles. The summed E-state index contributed by atoms with van der Waals surface area (Å²) in [7, 11) is 0.722. The number of imide groups is 1. The second-order valence-corrected chi connectivity index (χ2v) is 25.8. The number of likely N-dealkylation sites (tertiary alicyclic amines) is 2. The number of piperidine rings is 2. The van der Waals surface area contributed by atoms with Gasteiger partial charge in [0.25, 0.3) is 17.7 Å². The smallest absolute Gasteiger partial charge is 0.419 e. The Bertz CT molecular complexity index is 2580. The fourth-order valence-corrected chi connectivity index (χ4v) is 9.94. The Morgan fingerprint density at radius 2 is 1.74 bits per heavy atom. The van der Waals surface area contributed by atoms with Crippen LogP contribution in [0.3, 0.4) is 0 Å². The molecule has 0 saturated carbocycles. The topological polar surface area (TPSA) is 172 Å². The summed E-state index contributed by atoms with van der Waals surface area (Å²) < 4.78 is 13.2. The van der Waals surface area contributed by atoms with Gasteiger partial charge in [-0.05, 0) is 114 Å². The summed E-state index contributed by atoms with van der Waals surface area (Å²) in [5.41, 5.74) is 3.02. The number of pyridine rings is 1. The lowest BCUT2D eigenvalue weighted by Gasteiger charge is -2.35. The maximum Gasteiger partial charge on any atom is 0.419 e. The van der Waals surface area contributed by atoms with Crippen LogP contribution < -0.4 is 10.2 Å². The summed E-state index contributed by atoms with van der Waals surface area (Å²) in [4.78, 5) is 78.5. The first-order valence-corrected chi connectivity index (χ1v) is 26.8. The molecule has 2 atom stereocenters. The van der Waals surface area contributed by atoms with Crippen LogP contribution >= 0.6 is 0 Å². The maximum absolute atomic E-state index is 13.6. The molecule has 8 rings (SSSR count). The Morgan fingerprint density at radius 3 is 2.44 bits per heavy atom. The highest BCUT2D eigenvalue weighted by Crippen LogP contribution is 2.36. The lowest BCUT2D eigenvalue weighted by Crippen LogP contribution is -2.55. The molecule has 1 unspecified atom stereocenters. The number of hydrogen-bond acceptors (Lipinski definition) is 12. The number of hydrogen-bond donors (Lipinski definition) is 1. The van der Waals surface area contributed by atoms with Gasteiger partial charge in [0.2, 0.25) is 5.91 Å². The van der Waals surface area contributed by atoms with Crippen LogP contribution in [0.2, 0.25) is 25.7 Å². The molecule has 1 N–H and O–H groups in total. The largest absolute Gasteiger partial charge is 0.443 e. The molecule has 1 aromatic carbocycles. The summed E-state index contributed by atoms with van der Waals surface area (Å²) in [6.07, 6.45) is 6.09. The van der Waals surface area contributed by atoms with E-state index >= 15 is 0 Å². The van der Waals surface area contributed by atoms with Crippen LogP contribution in [0.4, 0.5) is 16.4 Å². The molecular weight excluding hydrogens is 855 g/mol. The molecule has 0 radical (unpaired) electrons. The first-order valence-electron chi connectivity index (χ1n) is 23.1. The number of fused-ring (bicyclic) bond motifs is 2. The number of carbonyl (C=O) groups is 5. The van der Waals surface area contributed by atoms with Gasteiger partial charge in [-0.3, -0.25) is 29.0 Å². The predicted octanol–water partition coefficient (Wildman–Crippen LogP) is 7.07. The lowest BCUT2D eigenvalue weighted by molar-refractivity contribution is -0.158. The van der Waals surface area contributed by atoms with E-state index in [1.807, 2.05) is 39.0 Å². The summed E-state index contributed by atoms with van der Waals surface area (Å²) in [6.45, 7) is 15.4. The third kappa shape index (κ3) is 10.4. The minimum atomic E-state index is -1.33. The number of carbonyl (C=O) groups excluding carboxylic acids is 5. The average Bonchev–Trinajstić information content (AvgIpc) is 3.97. The van der Waals surface area contributed by atoms with Crippen molar-refractivity contribution in [3.05, 3.63) is 76.7 Å². The van der Waals surface area contributed by atoms with E-state index in [2.05, 4.69) is 68.8 Å². The van der Waals surface area contributed by atoms with Crippen molar-refractivity contribution in [2.24, 2.45) is 5.92 Å². The Morgan fingerprint density at radius 1 is 0.955 bits per heavy atom. The average molecular weight is 916 g/mol. The fraction of sp³-hybridized carbons (Fsp3) is 0.510. The second-order valence-electron chi connectivity index (χ2n) is 20.1. The van der Waals surface area contributed by atoms with E-state index in [0.717, 1.165) is 73.6 Å². The van der Waals surface area contributed by atoms with Crippen molar-refractivity contribution in [2.45, 2.75) is 116 Å². The van der Waals surface area contributed by atoms with Gasteiger partial charge in [-0.1, -0.05) is 37.5 Å². The van der Waals surface area contributed by atoms with Crippen LogP contribution in [0.1, 0.15) is 109 Å². The van der Waals surface area contributed by atoms with Crippen LogP contribution in [-0.2, 0) is 25.6 Å². The molecule has 16 nitrogen and oxygen atoms in total. The summed E-state index contributed by atoms with van der Waals surface area (Å²) >= 11 is 0. The zero-order valence-electron chi connectivity index (χ0n) is 39.2.